The van der Waals surface area contributed by atoms with Crippen molar-refractivity contribution in [3.63, 3.8) is 0 Å². The molecule has 232 valence electrons. The fraction of sp³-hybridized carbons (Fsp3) is 0.375. The highest BCUT2D eigenvalue weighted by Gasteiger charge is 2.34. The number of nitrogens with zero attached hydrogens (tertiary/aromatic N) is 2. The lowest BCUT2D eigenvalue weighted by atomic mass is 10.1. The highest BCUT2D eigenvalue weighted by molar-refractivity contribution is 7.92. The monoisotopic (exact) mass is 629 g/mol. The first-order chi connectivity index (χ1) is 20.5. The fourth-order valence-corrected chi connectivity index (χ4v) is 6.43. The second kappa shape index (κ2) is 15.1. The van der Waals surface area contributed by atoms with Crippen molar-refractivity contribution < 1.29 is 27.5 Å². The molecule has 2 amide bonds. The van der Waals surface area contributed by atoms with E-state index >= 15 is 0 Å². The summed E-state index contributed by atoms with van der Waals surface area (Å²) in [5, 5.41) is 3.31. The quantitative estimate of drug-likeness (QED) is 0.252. The summed E-state index contributed by atoms with van der Waals surface area (Å²) in [5.41, 5.74) is 2.61. The molecule has 9 nitrogen and oxygen atoms in total. The molecule has 0 aliphatic rings. The van der Waals surface area contributed by atoms with Crippen molar-refractivity contribution in [3.8, 4) is 11.5 Å². The molecular weight excluding hydrogens is 590 g/mol. The Kier molecular flexibility index (Phi) is 11.9. The minimum absolute atomic E-state index is 0.0215. The van der Waals surface area contributed by atoms with Crippen molar-refractivity contribution in [1.82, 2.24) is 10.2 Å². The molecule has 43 heavy (non-hydrogen) atoms. The Morgan fingerprint density at radius 2 is 1.58 bits per heavy atom. The third-order valence-corrected chi connectivity index (χ3v) is 9.09. The summed E-state index contributed by atoms with van der Waals surface area (Å²) in [6.07, 6.45) is 1.04. The summed E-state index contributed by atoms with van der Waals surface area (Å²) in [6, 6.07) is 15.8. The average Bonchev–Trinajstić information content (AvgIpc) is 2.98. The lowest BCUT2D eigenvalue weighted by Gasteiger charge is -2.33. The Hall–Kier alpha value is -3.76. The van der Waals surface area contributed by atoms with E-state index in [1.165, 1.54) is 37.3 Å². The van der Waals surface area contributed by atoms with Crippen LogP contribution in [-0.4, -0.2) is 58.5 Å². The first-order valence-corrected chi connectivity index (χ1v) is 15.9. The van der Waals surface area contributed by atoms with Crippen molar-refractivity contribution in [2.45, 2.75) is 58.0 Å². The molecular formula is C32H40ClN3O6S. The molecule has 0 fully saturated rings. The standard InChI is InChI=1S/C32H40ClN3O6S/c1-7-15-34-32(38)28(8-2)35(20-24-11-9-10-12-27(24)33)31(37)21-36(25-17-22(3)16-23(4)18-25)43(39,40)26-13-14-29(41-5)30(19-26)42-6/h9-14,16-19,28H,7-8,15,20-21H2,1-6H3,(H,34,38)/t28-/m1/s1. The van der Waals surface area contributed by atoms with Gasteiger partial charge in [-0.15, -0.1) is 0 Å². The van der Waals surface area contributed by atoms with Crippen LogP contribution < -0.4 is 19.1 Å². The van der Waals surface area contributed by atoms with E-state index in [0.29, 0.717) is 35.0 Å². The number of methoxy groups -OCH3 is 2. The number of hydrogen-bond acceptors (Lipinski definition) is 6. The van der Waals surface area contributed by atoms with Gasteiger partial charge in [-0.1, -0.05) is 49.7 Å². The Morgan fingerprint density at radius 1 is 0.930 bits per heavy atom. The van der Waals surface area contributed by atoms with E-state index in [4.69, 9.17) is 21.1 Å². The topological polar surface area (TPSA) is 105 Å². The van der Waals surface area contributed by atoms with E-state index < -0.39 is 28.5 Å². The van der Waals surface area contributed by atoms with Gasteiger partial charge in [-0.05, 0) is 73.7 Å². The number of carbonyl (C=O) groups is 2. The van der Waals surface area contributed by atoms with Crippen molar-refractivity contribution in [3.05, 3.63) is 82.4 Å². The number of sulfonamides is 1. The van der Waals surface area contributed by atoms with Gasteiger partial charge >= 0.3 is 0 Å². The third-order valence-electron chi connectivity index (χ3n) is 6.95. The number of ether oxygens (including phenoxy) is 2. The second-order valence-corrected chi connectivity index (χ2v) is 12.5. The predicted octanol–water partition coefficient (Wildman–Crippen LogP) is 5.50. The molecule has 0 radical (unpaired) electrons. The van der Waals surface area contributed by atoms with Gasteiger partial charge in [-0.3, -0.25) is 13.9 Å². The van der Waals surface area contributed by atoms with E-state index in [1.807, 2.05) is 33.8 Å². The minimum Gasteiger partial charge on any atom is -0.493 e. The summed E-state index contributed by atoms with van der Waals surface area (Å²) in [6.45, 7) is 7.38. The number of rotatable bonds is 14. The zero-order chi connectivity index (χ0) is 31.7. The van der Waals surface area contributed by atoms with E-state index in [1.54, 1.807) is 36.4 Å². The van der Waals surface area contributed by atoms with Crippen LogP contribution in [0, 0.1) is 13.8 Å². The molecule has 3 aromatic carbocycles. The van der Waals surface area contributed by atoms with Crippen molar-refractivity contribution >= 4 is 39.1 Å². The number of halogens is 1. The molecule has 1 atom stereocenters. The van der Waals surface area contributed by atoms with E-state index in [-0.39, 0.29) is 23.1 Å². The number of hydrogen-bond donors (Lipinski definition) is 1. The normalized spacial score (nSPS) is 11.9. The van der Waals surface area contributed by atoms with Crippen LogP contribution in [0.1, 0.15) is 43.4 Å². The zero-order valence-electron chi connectivity index (χ0n) is 25.5. The molecule has 3 aromatic rings. The summed E-state index contributed by atoms with van der Waals surface area (Å²) in [4.78, 5) is 28.8. The van der Waals surface area contributed by atoms with Gasteiger partial charge < -0.3 is 19.7 Å². The first-order valence-electron chi connectivity index (χ1n) is 14.1. The largest absolute Gasteiger partial charge is 0.493 e. The molecule has 0 spiro atoms. The van der Waals surface area contributed by atoms with Crippen LogP contribution in [-0.2, 0) is 26.2 Å². The van der Waals surface area contributed by atoms with Gasteiger partial charge in [0.1, 0.15) is 12.6 Å². The van der Waals surface area contributed by atoms with E-state index in [0.717, 1.165) is 21.9 Å². The maximum atomic E-state index is 14.3. The van der Waals surface area contributed by atoms with Crippen LogP contribution >= 0.6 is 11.6 Å². The van der Waals surface area contributed by atoms with Crippen LogP contribution in [0.2, 0.25) is 5.02 Å². The Bertz CT molecular complexity index is 1530. The van der Waals surface area contributed by atoms with Gasteiger partial charge in [0.25, 0.3) is 10.0 Å². The van der Waals surface area contributed by atoms with Crippen LogP contribution in [0.15, 0.2) is 65.6 Å². The molecule has 1 N–H and O–H groups in total. The lowest BCUT2D eigenvalue weighted by molar-refractivity contribution is -0.140. The Balaban J connectivity index is 2.14. The van der Waals surface area contributed by atoms with Crippen LogP contribution in [0.25, 0.3) is 0 Å². The summed E-state index contributed by atoms with van der Waals surface area (Å²) in [5.74, 6) is -0.272. The van der Waals surface area contributed by atoms with E-state index in [2.05, 4.69) is 5.32 Å². The maximum Gasteiger partial charge on any atom is 0.264 e. The van der Waals surface area contributed by atoms with Gasteiger partial charge in [-0.2, -0.15) is 0 Å². The Labute approximate surface area is 259 Å². The molecule has 0 heterocycles. The van der Waals surface area contributed by atoms with Gasteiger partial charge in [0.15, 0.2) is 11.5 Å². The zero-order valence-corrected chi connectivity index (χ0v) is 27.1. The van der Waals surface area contributed by atoms with Gasteiger partial charge in [-0.25, -0.2) is 8.42 Å². The summed E-state index contributed by atoms with van der Waals surface area (Å²) in [7, 11) is -1.42. The third kappa shape index (κ3) is 8.20. The maximum absolute atomic E-state index is 14.3. The highest BCUT2D eigenvalue weighted by Crippen LogP contribution is 2.33. The Morgan fingerprint density at radius 3 is 2.16 bits per heavy atom. The number of benzene rings is 3. The van der Waals surface area contributed by atoms with Crippen LogP contribution in [0.3, 0.4) is 0 Å². The van der Waals surface area contributed by atoms with Gasteiger partial charge in [0, 0.05) is 24.2 Å². The van der Waals surface area contributed by atoms with Crippen LogP contribution in [0.5, 0.6) is 11.5 Å². The smallest absolute Gasteiger partial charge is 0.264 e. The highest BCUT2D eigenvalue weighted by atomic mass is 35.5. The van der Waals surface area contributed by atoms with Crippen molar-refractivity contribution in [2.75, 3.05) is 31.6 Å². The molecule has 0 aliphatic heterocycles. The van der Waals surface area contributed by atoms with Crippen molar-refractivity contribution in [2.24, 2.45) is 0 Å². The first kappa shape index (κ1) is 33.7. The van der Waals surface area contributed by atoms with Gasteiger partial charge in [0.2, 0.25) is 11.8 Å². The molecule has 0 saturated carbocycles. The predicted molar refractivity (Wildman–Crippen MR) is 169 cm³/mol. The second-order valence-electron chi connectivity index (χ2n) is 10.2. The number of amides is 2. The fourth-order valence-electron chi connectivity index (χ4n) is 4.82. The van der Waals surface area contributed by atoms with E-state index in [9.17, 15) is 18.0 Å². The number of aryl methyl sites for hydroxylation is 2. The van der Waals surface area contributed by atoms with Crippen molar-refractivity contribution in [1.29, 1.82) is 0 Å². The molecule has 0 bridgehead atoms. The SMILES string of the molecule is CCCNC(=O)[C@@H](CC)N(Cc1ccccc1Cl)C(=O)CN(c1cc(C)cc(C)c1)S(=O)(=O)c1ccc(OC)c(OC)c1. The molecule has 0 aromatic heterocycles. The average molecular weight is 630 g/mol. The molecule has 3 rings (SSSR count). The molecule has 11 heteroatoms. The lowest BCUT2D eigenvalue weighted by Crippen LogP contribution is -2.52. The van der Waals surface area contributed by atoms with Gasteiger partial charge in [0.05, 0.1) is 24.8 Å². The van der Waals surface area contributed by atoms with Crippen LogP contribution in [0.4, 0.5) is 5.69 Å². The number of nitrogens with one attached hydrogen (secondary N) is 1. The molecule has 0 aliphatic carbocycles. The molecule has 0 saturated heterocycles. The number of anilines is 1. The minimum atomic E-state index is -4.30. The summed E-state index contributed by atoms with van der Waals surface area (Å²) >= 11 is 6.46. The molecule has 0 unspecified atom stereocenters. The summed E-state index contributed by atoms with van der Waals surface area (Å²) < 4.78 is 40.3. The number of carbonyl (C=O) groups excluding carboxylic acids is 2.